The molecule has 2 unspecified atom stereocenters. The highest BCUT2D eigenvalue weighted by Crippen LogP contribution is 2.48. The molecule has 4 rings (SSSR count). The molecule has 0 amide bonds. The first-order valence-corrected chi connectivity index (χ1v) is 7.83. The van der Waals surface area contributed by atoms with Gasteiger partial charge in [0, 0.05) is 30.8 Å². The van der Waals surface area contributed by atoms with Crippen molar-refractivity contribution >= 4 is 11.7 Å². The molecule has 0 aliphatic carbocycles. The van der Waals surface area contributed by atoms with Crippen LogP contribution in [0.1, 0.15) is 29.5 Å². The Labute approximate surface area is 130 Å². The Bertz CT molecular complexity index is 753. The number of nitrogens with zero attached hydrogens (tertiary/aromatic N) is 1. The summed E-state index contributed by atoms with van der Waals surface area (Å²) in [7, 11) is 2.05. The maximum absolute atomic E-state index is 12.5. The van der Waals surface area contributed by atoms with E-state index < -0.39 is 0 Å². The molecule has 3 heteroatoms. The Hall–Kier alpha value is -2.29. The Balaban J connectivity index is 1.95. The van der Waals surface area contributed by atoms with Crippen LogP contribution in [0.25, 0.3) is 0 Å². The molecular formula is C19H19NO2. The number of carbonyl (C=O) groups is 1. The summed E-state index contributed by atoms with van der Waals surface area (Å²) in [6, 6.07) is 14.6. The second-order valence-electron chi connectivity index (χ2n) is 6.17. The molecule has 2 heterocycles. The molecule has 0 radical (unpaired) electrons. The number of ether oxygens (including phenoxy) is 1. The van der Waals surface area contributed by atoms with Crippen molar-refractivity contribution < 1.29 is 9.53 Å². The summed E-state index contributed by atoms with van der Waals surface area (Å²) in [4.78, 5) is 14.6. The van der Waals surface area contributed by atoms with Crippen molar-refractivity contribution in [2.45, 2.75) is 19.3 Å². The Kier molecular flexibility index (Phi) is 2.96. The molecule has 0 fully saturated rings. The van der Waals surface area contributed by atoms with Gasteiger partial charge in [0.15, 0.2) is 0 Å². The van der Waals surface area contributed by atoms with Crippen molar-refractivity contribution in [3.05, 3.63) is 59.2 Å². The van der Waals surface area contributed by atoms with E-state index in [1.165, 1.54) is 16.8 Å². The van der Waals surface area contributed by atoms with Gasteiger partial charge in [-0.25, -0.2) is 0 Å². The molecule has 0 bridgehead atoms. The van der Waals surface area contributed by atoms with Crippen LogP contribution >= 0.6 is 0 Å². The Morgan fingerprint density at radius 1 is 1.18 bits per heavy atom. The van der Waals surface area contributed by atoms with Crippen molar-refractivity contribution in [1.29, 1.82) is 0 Å². The second-order valence-corrected chi connectivity index (χ2v) is 6.17. The van der Waals surface area contributed by atoms with Crippen molar-refractivity contribution in [1.82, 2.24) is 0 Å². The average molecular weight is 293 g/mol. The predicted octanol–water partition coefficient (Wildman–Crippen LogP) is 3.37. The third kappa shape index (κ3) is 1.85. The predicted molar refractivity (Wildman–Crippen MR) is 86.5 cm³/mol. The van der Waals surface area contributed by atoms with Crippen LogP contribution in [0, 0.1) is 5.92 Å². The summed E-state index contributed by atoms with van der Waals surface area (Å²) in [6.45, 7) is 2.87. The van der Waals surface area contributed by atoms with Crippen LogP contribution in [0.2, 0.25) is 0 Å². The first kappa shape index (κ1) is 13.4. The van der Waals surface area contributed by atoms with Crippen LogP contribution in [-0.4, -0.2) is 19.6 Å². The van der Waals surface area contributed by atoms with E-state index in [0.29, 0.717) is 12.3 Å². The third-order valence-electron chi connectivity index (χ3n) is 4.89. The van der Waals surface area contributed by atoms with E-state index >= 15 is 0 Å². The molecule has 3 nitrogen and oxygen atoms in total. The molecule has 0 saturated heterocycles. The fourth-order valence-corrected chi connectivity index (χ4v) is 3.75. The van der Waals surface area contributed by atoms with Gasteiger partial charge in [0.05, 0.1) is 5.92 Å². The fraction of sp³-hybridized carbons (Fsp3) is 0.316. The van der Waals surface area contributed by atoms with Crippen LogP contribution in [-0.2, 0) is 11.2 Å². The zero-order valence-electron chi connectivity index (χ0n) is 12.9. The molecular weight excluding hydrogens is 274 g/mol. The van der Waals surface area contributed by atoms with Gasteiger partial charge < -0.3 is 9.64 Å². The van der Waals surface area contributed by atoms with E-state index in [4.69, 9.17) is 4.74 Å². The molecule has 2 aromatic rings. The summed E-state index contributed by atoms with van der Waals surface area (Å²) in [6.07, 6.45) is 1.00. The standard InChI is InChI=1S/C19H19NO2/c1-3-12-8-9-16-14(10-12)18-13-6-4-5-7-17(13)22-19(21)15(18)11-20(16)2/h4-10,15,18H,3,11H2,1-2H3. The highest BCUT2D eigenvalue weighted by atomic mass is 16.5. The largest absolute Gasteiger partial charge is 0.426 e. The van der Waals surface area contributed by atoms with Gasteiger partial charge in [-0.3, -0.25) is 4.79 Å². The van der Waals surface area contributed by atoms with Crippen LogP contribution in [0.5, 0.6) is 5.75 Å². The number of carbonyl (C=O) groups excluding carboxylic acids is 1. The number of fused-ring (bicyclic) bond motifs is 5. The number of rotatable bonds is 1. The summed E-state index contributed by atoms with van der Waals surface area (Å²) in [5.74, 6) is 0.587. The number of hydrogen-bond acceptors (Lipinski definition) is 3. The minimum atomic E-state index is -0.125. The van der Waals surface area contributed by atoms with Gasteiger partial charge >= 0.3 is 5.97 Å². The van der Waals surface area contributed by atoms with Crippen LogP contribution in [0.3, 0.4) is 0 Å². The first-order valence-electron chi connectivity index (χ1n) is 7.83. The van der Waals surface area contributed by atoms with Crippen molar-refractivity contribution in [2.75, 3.05) is 18.5 Å². The molecule has 2 aliphatic rings. The molecule has 112 valence electrons. The highest BCUT2D eigenvalue weighted by Gasteiger charge is 2.43. The second kappa shape index (κ2) is 4.87. The van der Waals surface area contributed by atoms with E-state index in [-0.39, 0.29) is 17.8 Å². The lowest BCUT2D eigenvalue weighted by molar-refractivity contribution is -0.140. The molecule has 0 saturated carbocycles. The minimum Gasteiger partial charge on any atom is -0.426 e. The quantitative estimate of drug-likeness (QED) is 0.596. The fourth-order valence-electron chi connectivity index (χ4n) is 3.75. The average Bonchev–Trinajstić information content (AvgIpc) is 2.55. The van der Waals surface area contributed by atoms with Crippen LogP contribution in [0.15, 0.2) is 42.5 Å². The summed E-state index contributed by atoms with van der Waals surface area (Å²) < 4.78 is 5.56. The van der Waals surface area contributed by atoms with E-state index in [9.17, 15) is 4.79 Å². The number of para-hydroxylation sites is 1. The monoisotopic (exact) mass is 293 g/mol. The number of anilines is 1. The lowest BCUT2D eigenvalue weighted by atomic mass is 9.75. The summed E-state index contributed by atoms with van der Waals surface area (Å²) >= 11 is 0. The third-order valence-corrected chi connectivity index (χ3v) is 4.89. The number of hydrogen-bond donors (Lipinski definition) is 0. The SMILES string of the molecule is CCc1ccc2c(c1)C1c3ccccc3OC(=O)C1CN2C. The number of esters is 1. The van der Waals surface area contributed by atoms with Crippen LogP contribution < -0.4 is 9.64 Å². The maximum Gasteiger partial charge on any atom is 0.317 e. The molecule has 22 heavy (non-hydrogen) atoms. The zero-order valence-corrected chi connectivity index (χ0v) is 12.9. The van der Waals surface area contributed by atoms with E-state index in [1.54, 1.807) is 0 Å². The summed E-state index contributed by atoms with van der Waals surface area (Å²) in [5, 5.41) is 0. The van der Waals surface area contributed by atoms with Gasteiger partial charge in [-0.1, -0.05) is 37.3 Å². The van der Waals surface area contributed by atoms with Crippen LogP contribution in [0.4, 0.5) is 5.69 Å². The normalized spacial score (nSPS) is 22.5. The van der Waals surface area contributed by atoms with E-state index in [2.05, 4.69) is 43.1 Å². The van der Waals surface area contributed by atoms with Crippen molar-refractivity contribution in [3.63, 3.8) is 0 Å². The molecule has 2 aliphatic heterocycles. The zero-order chi connectivity index (χ0) is 15.3. The van der Waals surface area contributed by atoms with Gasteiger partial charge in [0.2, 0.25) is 0 Å². The number of aryl methyl sites for hydroxylation is 1. The lowest BCUT2D eigenvalue weighted by Gasteiger charge is -2.41. The Morgan fingerprint density at radius 2 is 2.00 bits per heavy atom. The van der Waals surface area contributed by atoms with Gasteiger partial charge in [-0.05, 0) is 29.7 Å². The van der Waals surface area contributed by atoms with Gasteiger partial charge in [-0.15, -0.1) is 0 Å². The van der Waals surface area contributed by atoms with Crippen molar-refractivity contribution in [2.24, 2.45) is 5.92 Å². The lowest BCUT2D eigenvalue weighted by Crippen LogP contribution is -2.44. The number of benzene rings is 2. The smallest absolute Gasteiger partial charge is 0.317 e. The minimum absolute atomic E-state index is 0.107. The topological polar surface area (TPSA) is 29.5 Å². The van der Waals surface area contributed by atoms with E-state index in [1.807, 2.05) is 18.2 Å². The van der Waals surface area contributed by atoms with Gasteiger partial charge in [-0.2, -0.15) is 0 Å². The Morgan fingerprint density at radius 3 is 2.82 bits per heavy atom. The van der Waals surface area contributed by atoms with E-state index in [0.717, 1.165) is 12.0 Å². The molecule has 0 N–H and O–H groups in total. The molecule has 2 atom stereocenters. The molecule has 0 spiro atoms. The maximum atomic E-state index is 12.5. The molecule has 2 aromatic carbocycles. The molecule has 0 aromatic heterocycles. The highest BCUT2D eigenvalue weighted by molar-refractivity contribution is 5.83. The van der Waals surface area contributed by atoms with Gasteiger partial charge in [0.1, 0.15) is 5.75 Å². The van der Waals surface area contributed by atoms with Crippen molar-refractivity contribution in [3.8, 4) is 5.75 Å². The summed E-state index contributed by atoms with van der Waals surface area (Å²) in [5.41, 5.74) is 4.92. The first-order chi connectivity index (χ1) is 10.7. The van der Waals surface area contributed by atoms with Gasteiger partial charge in [0.25, 0.3) is 0 Å².